The topological polar surface area (TPSA) is 37.3 Å². The quantitative estimate of drug-likeness (QED) is 0.178. The fourth-order valence-electron chi connectivity index (χ4n) is 3.22. The van der Waals surface area contributed by atoms with E-state index >= 15 is 0 Å². The van der Waals surface area contributed by atoms with Crippen LogP contribution in [-0.2, 0) is 4.79 Å². The lowest BCUT2D eigenvalue weighted by Crippen LogP contribution is -1.93. The summed E-state index contributed by atoms with van der Waals surface area (Å²) in [6.45, 7) is 2.25. The Hall–Kier alpha value is -0.790. The molecule has 0 heterocycles. The molecule has 0 unspecified atom stereocenters. The first-order chi connectivity index (χ1) is 12.3. The van der Waals surface area contributed by atoms with Crippen LogP contribution in [0.3, 0.4) is 0 Å². The molecule has 0 aliphatic heterocycles. The van der Waals surface area contributed by atoms with Crippen molar-refractivity contribution in [2.75, 3.05) is 0 Å². The van der Waals surface area contributed by atoms with Crippen molar-refractivity contribution < 1.29 is 9.90 Å². The lowest BCUT2D eigenvalue weighted by atomic mass is 10.0. The summed E-state index contributed by atoms with van der Waals surface area (Å²) in [6, 6.07) is 0. The van der Waals surface area contributed by atoms with Crippen LogP contribution in [0.4, 0.5) is 0 Å². The Balaban J connectivity index is 3.03. The number of carboxylic acids is 1. The molecular formula is C23H44O2. The van der Waals surface area contributed by atoms with Gasteiger partial charge in [0, 0.05) is 6.42 Å². The van der Waals surface area contributed by atoms with Gasteiger partial charge in [-0.2, -0.15) is 0 Å². The third-order valence-corrected chi connectivity index (χ3v) is 4.90. The molecule has 25 heavy (non-hydrogen) atoms. The molecule has 2 nitrogen and oxygen atoms in total. The van der Waals surface area contributed by atoms with E-state index in [-0.39, 0.29) is 0 Å². The van der Waals surface area contributed by atoms with Gasteiger partial charge in [-0.3, -0.25) is 4.79 Å². The van der Waals surface area contributed by atoms with Crippen LogP contribution < -0.4 is 0 Å². The Labute approximate surface area is 157 Å². The summed E-state index contributed by atoms with van der Waals surface area (Å²) >= 11 is 0. The van der Waals surface area contributed by atoms with E-state index in [2.05, 4.69) is 19.1 Å². The third kappa shape index (κ3) is 23.2. The first kappa shape index (κ1) is 24.2. The smallest absolute Gasteiger partial charge is 0.303 e. The SMILES string of the molecule is CCCC/C=C/CCCCCCCCCCCCCCCCC(=O)O. The summed E-state index contributed by atoms with van der Waals surface area (Å²) in [4.78, 5) is 10.4. The average Bonchev–Trinajstić information content (AvgIpc) is 2.60. The predicted molar refractivity (Wildman–Crippen MR) is 110 cm³/mol. The van der Waals surface area contributed by atoms with E-state index < -0.39 is 5.97 Å². The highest BCUT2D eigenvalue weighted by atomic mass is 16.4. The third-order valence-electron chi connectivity index (χ3n) is 4.90. The largest absolute Gasteiger partial charge is 0.481 e. The van der Waals surface area contributed by atoms with Gasteiger partial charge in [-0.25, -0.2) is 0 Å². The molecule has 0 atom stereocenters. The van der Waals surface area contributed by atoms with E-state index in [0.717, 1.165) is 12.8 Å². The summed E-state index contributed by atoms with van der Waals surface area (Å²) in [5.74, 6) is -0.653. The summed E-state index contributed by atoms with van der Waals surface area (Å²) in [7, 11) is 0. The van der Waals surface area contributed by atoms with Crippen LogP contribution in [0.25, 0.3) is 0 Å². The predicted octanol–water partition coefficient (Wildman–Crippen LogP) is 8.06. The zero-order chi connectivity index (χ0) is 18.4. The van der Waals surface area contributed by atoms with Crippen molar-refractivity contribution in [2.45, 2.75) is 129 Å². The lowest BCUT2D eigenvalue weighted by Gasteiger charge is -2.03. The second-order valence-electron chi connectivity index (χ2n) is 7.50. The number of rotatable bonds is 20. The molecule has 0 aliphatic rings. The molecule has 0 saturated carbocycles. The molecule has 148 valence electrons. The number of hydrogen-bond donors (Lipinski definition) is 1. The Morgan fingerprint density at radius 2 is 0.960 bits per heavy atom. The Bertz CT molecular complexity index is 296. The molecule has 0 rings (SSSR count). The molecule has 0 aliphatic carbocycles. The molecule has 0 spiro atoms. The molecule has 0 aromatic carbocycles. The highest BCUT2D eigenvalue weighted by Crippen LogP contribution is 2.13. The van der Waals surface area contributed by atoms with Gasteiger partial charge < -0.3 is 5.11 Å². The molecule has 0 aromatic heterocycles. The maximum atomic E-state index is 10.4. The summed E-state index contributed by atoms with van der Waals surface area (Å²) in [6.07, 6.45) is 28.6. The van der Waals surface area contributed by atoms with E-state index in [1.807, 2.05) is 0 Å². The monoisotopic (exact) mass is 352 g/mol. The van der Waals surface area contributed by atoms with Crippen molar-refractivity contribution in [3.05, 3.63) is 12.2 Å². The van der Waals surface area contributed by atoms with E-state index in [4.69, 9.17) is 5.11 Å². The number of aliphatic carboxylic acids is 1. The molecule has 0 fully saturated rings. The first-order valence-corrected chi connectivity index (χ1v) is 11.1. The molecule has 0 radical (unpaired) electrons. The minimum Gasteiger partial charge on any atom is -0.481 e. The summed E-state index contributed by atoms with van der Waals surface area (Å²) < 4.78 is 0. The van der Waals surface area contributed by atoms with E-state index in [9.17, 15) is 4.79 Å². The number of allylic oxidation sites excluding steroid dienone is 2. The van der Waals surface area contributed by atoms with Crippen molar-refractivity contribution in [1.29, 1.82) is 0 Å². The molecule has 2 heteroatoms. The van der Waals surface area contributed by atoms with Crippen LogP contribution in [0.15, 0.2) is 12.2 Å². The van der Waals surface area contributed by atoms with Crippen molar-refractivity contribution in [3.63, 3.8) is 0 Å². The van der Waals surface area contributed by atoms with Gasteiger partial charge in [0.25, 0.3) is 0 Å². The zero-order valence-corrected chi connectivity index (χ0v) is 16.9. The minimum atomic E-state index is -0.653. The number of hydrogen-bond acceptors (Lipinski definition) is 1. The van der Waals surface area contributed by atoms with Gasteiger partial charge in [0.1, 0.15) is 0 Å². The molecule has 0 bridgehead atoms. The molecule has 0 saturated heterocycles. The van der Waals surface area contributed by atoms with E-state index in [0.29, 0.717) is 6.42 Å². The minimum absolute atomic E-state index is 0.343. The molecule has 0 aromatic rings. The Kier molecular flexibility index (Phi) is 20.6. The van der Waals surface area contributed by atoms with Gasteiger partial charge >= 0.3 is 5.97 Å². The van der Waals surface area contributed by atoms with E-state index in [1.54, 1.807) is 0 Å². The fourth-order valence-corrected chi connectivity index (χ4v) is 3.22. The van der Waals surface area contributed by atoms with Crippen molar-refractivity contribution in [2.24, 2.45) is 0 Å². The van der Waals surface area contributed by atoms with Crippen LogP contribution >= 0.6 is 0 Å². The molecule has 0 amide bonds. The number of carbonyl (C=O) groups is 1. The Morgan fingerprint density at radius 1 is 0.600 bits per heavy atom. The highest BCUT2D eigenvalue weighted by Gasteiger charge is 1.97. The second-order valence-corrected chi connectivity index (χ2v) is 7.50. The molecule has 1 N–H and O–H groups in total. The molecular weight excluding hydrogens is 308 g/mol. The average molecular weight is 353 g/mol. The van der Waals surface area contributed by atoms with Crippen LogP contribution in [0.2, 0.25) is 0 Å². The van der Waals surface area contributed by atoms with Gasteiger partial charge in [0.15, 0.2) is 0 Å². The van der Waals surface area contributed by atoms with Crippen LogP contribution in [0, 0.1) is 0 Å². The van der Waals surface area contributed by atoms with Crippen LogP contribution in [0.1, 0.15) is 129 Å². The fraction of sp³-hybridized carbons (Fsp3) is 0.870. The van der Waals surface area contributed by atoms with Gasteiger partial charge in [-0.1, -0.05) is 109 Å². The van der Waals surface area contributed by atoms with Gasteiger partial charge in [-0.15, -0.1) is 0 Å². The van der Waals surface area contributed by atoms with Crippen LogP contribution in [-0.4, -0.2) is 11.1 Å². The number of carboxylic acid groups (broad SMARTS) is 1. The Morgan fingerprint density at radius 3 is 1.36 bits per heavy atom. The van der Waals surface area contributed by atoms with Gasteiger partial charge in [0.2, 0.25) is 0 Å². The second kappa shape index (κ2) is 21.3. The standard InChI is InChI=1S/C23H44O2/c1-2-3-4-5-6-7-8-9-10-11-12-13-14-15-16-17-18-19-20-21-22-23(24)25/h5-6H,2-4,7-22H2,1H3,(H,24,25)/b6-5+. The summed E-state index contributed by atoms with van der Waals surface area (Å²) in [5, 5.41) is 8.56. The van der Waals surface area contributed by atoms with Crippen molar-refractivity contribution in [3.8, 4) is 0 Å². The van der Waals surface area contributed by atoms with Crippen molar-refractivity contribution in [1.82, 2.24) is 0 Å². The zero-order valence-electron chi connectivity index (χ0n) is 16.9. The normalized spacial score (nSPS) is 11.4. The maximum absolute atomic E-state index is 10.4. The van der Waals surface area contributed by atoms with Gasteiger partial charge in [-0.05, 0) is 25.7 Å². The van der Waals surface area contributed by atoms with Crippen molar-refractivity contribution >= 4 is 5.97 Å². The first-order valence-electron chi connectivity index (χ1n) is 11.1. The van der Waals surface area contributed by atoms with E-state index in [1.165, 1.54) is 103 Å². The maximum Gasteiger partial charge on any atom is 0.303 e. The summed E-state index contributed by atoms with van der Waals surface area (Å²) in [5.41, 5.74) is 0. The highest BCUT2D eigenvalue weighted by molar-refractivity contribution is 5.66. The number of unbranched alkanes of at least 4 members (excludes halogenated alkanes) is 16. The lowest BCUT2D eigenvalue weighted by molar-refractivity contribution is -0.137. The van der Waals surface area contributed by atoms with Crippen LogP contribution in [0.5, 0.6) is 0 Å². The van der Waals surface area contributed by atoms with Gasteiger partial charge in [0.05, 0.1) is 0 Å².